The maximum absolute atomic E-state index is 11.6. The monoisotopic (exact) mass is 232 g/mol. The summed E-state index contributed by atoms with van der Waals surface area (Å²) in [7, 11) is -3.44. The minimum Gasteiger partial charge on any atom is -0.317 e. The van der Waals surface area contributed by atoms with E-state index in [1.807, 2.05) is 6.92 Å². The lowest BCUT2D eigenvalue weighted by atomic mass is 10.2. The molecule has 0 aromatic heterocycles. The van der Waals surface area contributed by atoms with Crippen LogP contribution in [0.15, 0.2) is 0 Å². The highest BCUT2D eigenvalue weighted by Gasteiger charge is 2.57. The number of nitrogens with one attached hydrogen (secondary N) is 1. The van der Waals surface area contributed by atoms with E-state index in [4.69, 9.17) is 5.73 Å². The van der Waals surface area contributed by atoms with Gasteiger partial charge < -0.3 is 5.73 Å². The summed E-state index contributed by atoms with van der Waals surface area (Å²) in [6, 6.07) is 0. The Labute approximate surface area is 89.5 Å². The molecule has 1 amide bonds. The molecule has 2 unspecified atom stereocenters. The minimum absolute atomic E-state index is 0.131. The normalized spacial score (nSPS) is 34.9. The summed E-state index contributed by atoms with van der Waals surface area (Å²) in [6.07, 6.45) is 2.71. The SMILES string of the molecule is CCC1CC1(N)C(=O)NS(=O)(=O)C1CC1. The van der Waals surface area contributed by atoms with Crippen LogP contribution in [0.3, 0.4) is 0 Å². The van der Waals surface area contributed by atoms with Gasteiger partial charge in [0.1, 0.15) is 0 Å². The first kappa shape index (κ1) is 10.9. The predicted molar refractivity (Wildman–Crippen MR) is 55.4 cm³/mol. The number of hydrogen-bond acceptors (Lipinski definition) is 4. The van der Waals surface area contributed by atoms with E-state index in [0.717, 1.165) is 6.42 Å². The van der Waals surface area contributed by atoms with Gasteiger partial charge in [-0.3, -0.25) is 9.52 Å². The van der Waals surface area contributed by atoms with Gasteiger partial charge in [-0.15, -0.1) is 0 Å². The van der Waals surface area contributed by atoms with Gasteiger partial charge in [0.15, 0.2) is 0 Å². The fourth-order valence-electron chi connectivity index (χ4n) is 1.82. The second kappa shape index (κ2) is 3.18. The molecular formula is C9H16N2O3S. The Morgan fingerprint density at radius 1 is 1.53 bits per heavy atom. The smallest absolute Gasteiger partial charge is 0.253 e. The molecule has 0 aromatic carbocycles. The molecule has 2 saturated carbocycles. The van der Waals surface area contributed by atoms with Gasteiger partial charge in [0.25, 0.3) is 5.91 Å². The highest BCUT2D eigenvalue weighted by Crippen LogP contribution is 2.43. The van der Waals surface area contributed by atoms with Crippen LogP contribution < -0.4 is 10.5 Å². The molecule has 6 heteroatoms. The summed E-state index contributed by atoms with van der Waals surface area (Å²) >= 11 is 0. The number of hydrogen-bond donors (Lipinski definition) is 2. The Hall–Kier alpha value is -0.620. The zero-order valence-electron chi connectivity index (χ0n) is 8.69. The van der Waals surface area contributed by atoms with Gasteiger partial charge in [-0.2, -0.15) is 0 Å². The van der Waals surface area contributed by atoms with Crippen LogP contribution in [0.25, 0.3) is 0 Å². The van der Waals surface area contributed by atoms with Crippen LogP contribution in [0.5, 0.6) is 0 Å². The van der Waals surface area contributed by atoms with Gasteiger partial charge in [-0.25, -0.2) is 8.42 Å². The quantitative estimate of drug-likeness (QED) is 0.697. The van der Waals surface area contributed by atoms with E-state index < -0.39 is 21.5 Å². The second-order valence-electron chi connectivity index (χ2n) is 4.53. The average molecular weight is 232 g/mol. The van der Waals surface area contributed by atoms with Crippen LogP contribution in [0.2, 0.25) is 0 Å². The molecule has 2 rings (SSSR count). The molecule has 0 aromatic rings. The molecule has 2 aliphatic rings. The van der Waals surface area contributed by atoms with Crippen molar-refractivity contribution < 1.29 is 13.2 Å². The molecule has 2 fully saturated rings. The second-order valence-corrected chi connectivity index (χ2v) is 6.49. The summed E-state index contributed by atoms with van der Waals surface area (Å²) < 4.78 is 25.1. The van der Waals surface area contributed by atoms with Crippen molar-refractivity contribution in [2.45, 2.75) is 43.4 Å². The third-order valence-corrected chi connectivity index (χ3v) is 5.09. The summed E-state index contributed by atoms with van der Waals surface area (Å²) in [5, 5.41) is -0.371. The molecule has 15 heavy (non-hydrogen) atoms. The zero-order chi connectivity index (χ0) is 11.3. The number of rotatable bonds is 4. The van der Waals surface area contributed by atoms with Crippen LogP contribution in [0.1, 0.15) is 32.6 Å². The van der Waals surface area contributed by atoms with Crippen LogP contribution in [-0.4, -0.2) is 25.1 Å². The highest BCUT2D eigenvalue weighted by atomic mass is 32.2. The van der Waals surface area contributed by atoms with Gasteiger partial charge in [0.2, 0.25) is 10.0 Å². The fourth-order valence-corrected chi connectivity index (χ4v) is 3.19. The Morgan fingerprint density at radius 2 is 2.13 bits per heavy atom. The van der Waals surface area contributed by atoms with E-state index in [1.54, 1.807) is 0 Å². The number of carbonyl (C=O) groups excluding carboxylic acids is 1. The molecule has 86 valence electrons. The predicted octanol–water partition coefficient (Wildman–Crippen LogP) is -0.278. The van der Waals surface area contributed by atoms with Crippen LogP contribution >= 0.6 is 0 Å². The topological polar surface area (TPSA) is 89.3 Å². The molecule has 0 spiro atoms. The third kappa shape index (κ3) is 1.88. The maximum atomic E-state index is 11.6. The van der Waals surface area contributed by atoms with E-state index in [0.29, 0.717) is 19.3 Å². The molecule has 0 saturated heterocycles. The summed E-state index contributed by atoms with van der Waals surface area (Å²) in [5.41, 5.74) is 4.86. The number of amides is 1. The molecule has 0 radical (unpaired) electrons. The van der Waals surface area contributed by atoms with E-state index in [-0.39, 0.29) is 11.2 Å². The first-order valence-corrected chi connectivity index (χ1v) is 6.79. The Bertz CT molecular complexity index is 388. The van der Waals surface area contributed by atoms with Gasteiger partial charge in [-0.1, -0.05) is 13.3 Å². The largest absolute Gasteiger partial charge is 0.317 e. The molecule has 5 nitrogen and oxygen atoms in total. The Morgan fingerprint density at radius 3 is 2.53 bits per heavy atom. The van der Waals surface area contributed by atoms with Gasteiger partial charge in [0, 0.05) is 0 Å². The van der Waals surface area contributed by atoms with Crippen molar-refractivity contribution in [1.29, 1.82) is 0 Å². The van der Waals surface area contributed by atoms with Crippen molar-refractivity contribution in [3.05, 3.63) is 0 Å². The summed E-state index contributed by atoms with van der Waals surface area (Å²) in [4.78, 5) is 11.6. The summed E-state index contributed by atoms with van der Waals surface area (Å²) in [5.74, 6) is -0.395. The fraction of sp³-hybridized carbons (Fsp3) is 0.889. The molecule has 0 aliphatic heterocycles. The lowest BCUT2D eigenvalue weighted by molar-refractivity contribution is -0.121. The van der Waals surface area contributed by atoms with Crippen molar-refractivity contribution in [2.75, 3.05) is 0 Å². The zero-order valence-corrected chi connectivity index (χ0v) is 9.51. The first-order chi connectivity index (χ1) is 6.90. The van der Waals surface area contributed by atoms with Gasteiger partial charge in [-0.05, 0) is 25.2 Å². The number of nitrogens with two attached hydrogens (primary N) is 1. The first-order valence-electron chi connectivity index (χ1n) is 5.25. The maximum Gasteiger partial charge on any atom is 0.253 e. The molecule has 0 bridgehead atoms. The molecule has 0 heterocycles. The molecule has 3 N–H and O–H groups in total. The molecule has 2 aliphatic carbocycles. The standard InChI is InChI=1S/C9H16N2O3S/c1-2-6-5-9(6,10)8(12)11-15(13,14)7-3-4-7/h6-7H,2-5,10H2,1H3,(H,11,12). The summed E-state index contributed by atoms with van der Waals surface area (Å²) in [6.45, 7) is 1.95. The lowest BCUT2D eigenvalue weighted by Gasteiger charge is -2.11. The minimum atomic E-state index is -3.44. The lowest BCUT2D eigenvalue weighted by Crippen LogP contribution is -2.47. The number of sulfonamides is 1. The van der Waals surface area contributed by atoms with E-state index in [1.165, 1.54) is 0 Å². The van der Waals surface area contributed by atoms with Crippen LogP contribution in [0.4, 0.5) is 0 Å². The van der Waals surface area contributed by atoms with Crippen molar-refractivity contribution in [1.82, 2.24) is 4.72 Å². The van der Waals surface area contributed by atoms with E-state index in [9.17, 15) is 13.2 Å². The molecule has 2 atom stereocenters. The van der Waals surface area contributed by atoms with Crippen molar-refractivity contribution in [2.24, 2.45) is 11.7 Å². The van der Waals surface area contributed by atoms with Crippen molar-refractivity contribution >= 4 is 15.9 Å². The third-order valence-electron chi connectivity index (χ3n) is 3.27. The Balaban J connectivity index is 1.99. The van der Waals surface area contributed by atoms with Crippen molar-refractivity contribution in [3.8, 4) is 0 Å². The van der Waals surface area contributed by atoms with Crippen LogP contribution in [0, 0.1) is 5.92 Å². The Kier molecular flexibility index (Phi) is 2.31. The average Bonchev–Trinajstić information content (AvgIpc) is 2.97. The van der Waals surface area contributed by atoms with E-state index >= 15 is 0 Å². The van der Waals surface area contributed by atoms with Crippen LogP contribution in [-0.2, 0) is 14.8 Å². The van der Waals surface area contributed by atoms with Crippen molar-refractivity contribution in [3.63, 3.8) is 0 Å². The van der Waals surface area contributed by atoms with E-state index in [2.05, 4.69) is 4.72 Å². The molecular weight excluding hydrogens is 216 g/mol. The number of carbonyl (C=O) groups is 1. The van der Waals surface area contributed by atoms with Gasteiger partial charge >= 0.3 is 0 Å². The van der Waals surface area contributed by atoms with Gasteiger partial charge in [0.05, 0.1) is 10.8 Å². The highest BCUT2D eigenvalue weighted by molar-refractivity contribution is 7.90.